The number of ether oxygens (including phenoxy) is 1. The molecular weight excluding hydrogens is 176 g/mol. The van der Waals surface area contributed by atoms with E-state index in [9.17, 15) is 0 Å². The van der Waals surface area contributed by atoms with Gasteiger partial charge in [-0.1, -0.05) is 30.3 Å². The molecule has 2 nitrogen and oxygen atoms in total. The van der Waals surface area contributed by atoms with Crippen molar-refractivity contribution in [1.29, 1.82) is 0 Å². The highest BCUT2D eigenvalue weighted by Gasteiger charge is 2.03. The summed E-state index contributed by atoms with van der Waals surface area (Å²) in [6.07, 6.45) is 0. The van der Waals surface area contributed by atoms with Gasteiger partial charge in [-0.05, 0) is 26.3 Å². The van der Waals surface area contributed by atoms with E-state index in [0.717, 1.165) is 5.56 Å². The summed E-state index contributed by atoms with van der Waals surface area (Å²) >= 11 is 0. The van der Waals surface area contributed by atoms with Crippen LogP contribution in [0.15, 0.2) is 30.3 Å². The van der Waals surface area contributed by atoms with Crippen LogP contribution in [0, 0.1) is 0 Å². The molecule has 1 rings (SSSR count). The van der Waals surface area contributed by atoms with Gasteiger partial charge >= 0.3 is 0 Å². The Morgan fingerprint density at radius 2 is 1.57 bits per heavy atom. The van der Waals surface area contributed by atoms with Crippen molar-refractivity contribution in [1.82, 2.24) is 0 Å². The van der Waals surface area contributed by atoms with Crippen LogP contribution in [0.4, 0.5) is 0 Å². The highest BCUT2D eigenvalue weighted by molar-refractivity contribution is 5.12. The number of hydrogen-bond acceptors (Lipinski definition) is 2. The molecule has 0 amide bonds. The summed E-state index contributed by atoms with van der Waals surface area (Å²) in [4.78, 5) is 0. The zero-order valence-electron chi connectivity index (χ0n) is 9.45. The van der Waals surface area contributed by atoms with Crippen molar-refractivity contribution < 1.29 is 9.84 Å². The average Bonchev–Trinajstić information content (AvgIpc) is 2.19. The van der Waals surface area contributed by atoms with E-state index in [0.29, 0.717) is 0 Å². The van der Waals surface area contributed by atoms with E-state index in [1.807, 2.05) is 51.1 Å². The highest BCUT2D eigenvalue weighted by atomic mass is 16.5. The zero-order chi connectivity index (χ0) is 11.0. The smallest absolute Gasteiger partial charge is 0.0681 e. The van der Waals surface area contributed by atoms with Crippen LogP contribution in [-0.2, 0) is 11.3 Å². The Morgan fingerprint density at radius 3 is 1.79 bits per heavy atom. The van der Waals surface area contributed by atoms with Crippen molar-refractivity contribution in [2.75, 3.05) is 7.11 Å². The van der Waals surface area contributed by atoms with Gasteiger partial charge in [-0.25, -0.2) is 0 Å². The molecule has 0 spiro atoms. The average molecular weight is 196 g/mol. The molecule has 0 fully saturated rings. The first-order chi connectivity index (χ1) is 6.49. The van der Waals surface area contributed by atoms with Gasteiger partial charge < -0.3 is 9.84 Å². The molecule has 0 unspecified atom stereocenters. The zero-order valence-corrected chi connectivity index (χ0v) is 9.45. The van der Waals surface area contributed by atoms with Crippen molar-refractivity contribution in [3.63, 3.8) is 0 Å². The van der Waals surface area contributed by atoms with Crippen LogP contribution in [0.5, 0.6) is 0 Å². The molecule has 0 aliphatic rings. The van der Waals surface area contributed by atoms with Crippen molar-refractivity contribution in [3.8, 4) is 0 Å². The Labute approximate surface area is 86.5 Å². The number of hydrogen-bond donors (Lipinski definition) is 1. The molecule has 1 aromatic carbocycles. The van der Waals surface area contributed by atoms with Gasteiger partial charge in [-0.2, -0.15) is 0 Å². The van der Waals surface area contributed by atoms with Gasteiger partial charge in [-0.15, -0.1) is 0 Å². The van der Waals surface area contributed by atoms with Crippen LogP contribution < -0.4 is 0 Å². The summed E-state index contributed by atoms with van der Waals surface area (Å²) in [6, 6.07) is 9.52. The molecule has 80 valence electrons. The second kappa shape index (κ2) is 6.57. The SMILES string of the molecule is COC(C)(C)C.OCc1ccccc1. The standard InChI is InChI=1S/C7H8O.C5H12O/c8-6-7-4-2-1-3-5-7;1-5(2,3)6-4/h1-5,8H,6H2;1-4H3. The van der Waals surface area contributed by atoms with E-state index in [2.05, 4.69) is 0 Å². The first-order valence-electron chi connectivity index (χ1n) is 4.69. The van der Waals surface area contributed by atoms with E-state index >= 15 is 0 Å². The van der Waals surface area contributed by atoms with E-state index < -0.39 is 0 Å². The molecule has 0 aliphatic heterocycles. The predicted molar refractivity (Wildman–Crippen MR) is 59.1 cm³/mol. The van der Waals surface area contributed by atoms with Gasteiger partial charge in [0.2, 0.25) is 0 Å². The lowest BCUT2D eigenvalue weighted by molar-refractivity contribution is 0.0397. The second-order valence-electron chi connectivity index (χ2n) is 3.96. The normalized spacial score (nSPS) is 10.4. The summed E-state index contributed by atoms with van der Waals surface area (Å²) in [5.74, 6) is 0. The third-order valence-corrected chi connectivity index (χ3v) is 1.64. The molecule has 2 heteroatoms. The fourth-order valence-electron chi connectivity index (χ4n) is 0.583. The number of methoxy groups -OCH3 is 1. The summed E-state index contributed by atoms with van der Waals surface area (Å²) in [5.41, 5.74) is 1.01. The van der Waals surface area contributed by atoms with Gasteiger partial charge in [-0.3, -0.25) is 0 Å². The fraction of sp³-hybridized carbons (Fsp3) is 0.500. The van der Waals surface area contributed by atoms with Crippen molar-refractivity contribution in [2.45, 2.75) is 33.0 Å². The minimum atomic E-state index is 0.0417. The van der Waals surface area contributed by atoms with Gasteiger partial charge in [0.1, 0.15) is 0 Å². The first kappa shape index (κ1) is 13.1. The maximum Gasteiger partial charge on any atom is 0.0681 e. The largest absolute Gasteiger partial charge is 0.392 e. The Morgan fingerprint density at radius 1 is 1.14 bits per heavy atom. The van der Waals surface area contributed by atoms with Crippen LogP contribution >= 0.6 is 0 Å². The van der Waals surface area contributed by atoms with Crippen LogP contribution in [0.25, 0.3) is 0 Å². The Bertz CT molecular complexity index is 224. The second-order valence-corrected chi connectivity index (χ2v) is 3.96. The minimum Gasteiger partial charge on any atom is -0.392 e. The van der Waals surface area contributed by atoms with Crippen molar-refractivity contribution >= 4 is 0 Å². The first-order valence-corrected chi connectivity index (χ1v) is 4.69. The molecule has 0 aromatic heterocycles. The number of aliphatic hydroxyl groups excluding tert-OH is 1. The molecule has 14 heavy (non-hydrogen) atoms. The van der Waals surface area contributed by atoms with Gasteiger partial charge in [0.15, 0.2) is 0 Å². The summed E-state index contributed by atoms with van der Waals surface area (Å²) in [5, 5.41) is 8.54. The third kappa shape index (κ3) is 7.77. The minimum absolute atomic E-state index is 0.0417. The third-order valence-electron chi connectivity index (χ3n) is 1.64. The van der Waals surface area contributed by atoms with Crippen LogP contribution in [-0.4, -0.2) is 17.8 Å². The van der Waals surface area contributed by atoms with Crippen molar-refractivity contribution in [3.05, 3.63) is 35.9 Å². The molecule has 0 bridgehead atoms. The molecule has 0 heterocycles. The molecule has 0 saturated heterocycles. The monoisotopic (exact) mass is 196 g/mol. The molecule has 1 N–H and O–H groups in total. The van der Waals surface area contributed by atoms with Crippen molar-refractivity contribution in [2.24, 2.45) is 0 Å². The van der Waals surface area contributed by atoms with Crippen LogP contribution in [0.2, 0.25) is 0 Å². The number of aliphatic hydroxyl groups is 1. The van der Waals surface area contributed by atoms with E-state index in [4.69, 9.17) is 9.84 Å². The maximum absolute atomic E-state index is 8.54. The number of rotatable bonds is 1. The summed E-state index contributed by atoms with van der Waals surface area (Å²) in [7, 11) is 1.71. The number of benzene rings is 1. The molecular formula is C12H20O2. The van der Waals surface area contributed by atoms with E-state index in [-0.39, 0.29) is 12.2 Å². The highest BCUT2D eigenvalue weighted by Crippen LogP contribution is 2.02. The summed E-state index contributed by atoms with van der Waals surface area (Å²) in [6.45, 7) is 6.20. The Kier molecular flexibility index (Phi) is 6.17. The lowest BCUT2D eigenvalue weighted by Crippen LogP contribution is -2.15. The van der Waals surface area contributed by atoms with Gasteiger partial charge in [0.25, 0.3) is 0 Å². The predicted octanol–water partition coefficient (Wildman–Crippen LogP) is 2.61. The maximum atomic E-state index is 8.54. The quantitative estimate of drug-likeness (QED) is 0.748. The lowest BCUT2D eigenvalue weighted by atomic mass is 10.2. The van der Waals surface area contributed by atoms with Crippen LogP contribution in [0.3, 0.4) is 0 Å². The topological polar surface area (TPSA) is 29.5 Å². The molecule has 0 radical (unpaired) electrons. The Hall–Kier alpha value is -0.860. The molecule has 0 saturated carbocycles. The van der Waals surface area contributed by atoms with Gasteiger partial charge in [0.05, 0.1) is 12.2 Å². The van der Waals surface area contributed by atoms with E-state index in [1.54, 1.807) is 7.11 Å². The Balaban J connectivity index is 0.000000255. The van der Waals surface area contributed by atoms with Gasteiger partial charge in [0, 0.05) is 7.11 Å². The van der Waals surface area contributed by atoms with Crippen LogP contribution in [0.1, 0.15) is 26.3 Å². The molecule has 1 aromatic rings. The van der Waals surface area contributed by atoms with E-state index in [1.165, 1.54) is 0 Å². The molecule has 0 aliphatic carbocycles. The molecule has 0 atom stereocenters. The summed E-state index contributed by atoms with van der Waals surface area (Å²) < 4.78 is 4.94. The lowest BCUT2D eigenvalue weighted by Gasteiger charge is -2.14. The fourth-order valence-corrected chi connectivity index (χ4v) is 0.583.